The van der Waals surface area contributed by atoms with E-state index in [2.05, 4.69) is 13.8 Å². The Labute approximate surface area is 212 Å². The van der Waals surface area contributed by atoms with E-state index >= 15 is 0 Å². The zero-order chi connectivity index (χ0) is 25.8. The van der Waals surface area contributed by atoms with Crippen LogP contribution in [0.1, 0.15) is 84.5 Å². The number of ketones is 1. The number of fused-ring (bicyclic) bond motifs is 5. The lowest BCUT2D eigenvalue weighted by Crippen LogP contribution is -2.51. The molecule has 0 radical (unpaired) electrons. The highest BCUT2D eigenvalue weighted by atomic mass is 16.5. The fraction of sp³-hybridized carbons (Fsp3) is 0.786. The first-order valence-electron chi connectivity index (χ1n) is 13.7. The van der Waals surface area contributed by atoms with Crippen molar-refractivity contribution < 1.29 is 34.1 Å². The quantitative estimate of drug-likeness (QED) is 0.555. The minimum absolute atomic E-state index is 0.0141. The number of carbonyl (C=O) groups excluding carboxylic acids is 3. The minimum atomic E-state index is -1.14. The average Bonchev–Trinajstić information content (AvgIpc) is 3.38. The van der Waals surface area contributed by atoms with Gasteiger partial charge in [-0.05, 0) is 74.2 Å². The maximum atomic E-state index is 12.8. The number of rotatable bonds is 5. The number of aliphatic hydroxyl groups is 1. The standard InChI is InChI=1S/C28H39NO7/c1-27-11-9-17(30)13-16(27)3-4-19-20-5-6-23(28(20,2)12-10-21(19)27)36-25(33)8-7-24(32)29-15-18(31)14-22(29)26(34)35/h13,18-23,31H,3-12,14-15H2,1-2H3,(H,34,35)/t18-,19-,20+,21-,22+,23+,27+,28+/m1/s1. The molecule has 5 rings (SSSR count). The fourth-order valence-corrected chi connectivity index (χ4v) is 8.60. The maximum Gasteiger partial charge on any atom is 0.326 e. The summed E-state index contributed by atoms with van der Waals surface area (Å²) in [6.45, 7) is 4.62. The van der Waals surface area contributed by atoms with Gasteiger partial charge in [-0.1, -0.05) is 19.4 Å². The molecule has 8 heteroatoms. The zero-order valence-electron chi connectivity index (χ0n) is 21.4. The van der Waals surface area contributed by atoms with Gasteiger partial charge in [0.1, 0.15) is 12.1 Å². The molecule has 0 aromatic rings. The van der Waals surface area contributed by atoms with E-state index < -0.39 is 30.0 Å². The smallest absolute Gasteiger partial charge is 0.326 e. The highest BCUT2D eigenvalue weighted by molar-refractivity contribution is 5.91. The minimum Gasteiger partial charge on any atom is -0.480 e. The second-order valence-corrected chi connectivity index (χ2v) is 12.4. The van der Waals surface area contributed by atoms with Crippen LogP contribution >= 0.6 is 0 Å². The SMILES string of the molecule is C[C@]12CC[C@@H]3[C@H](CCC4=CC(=O)CC[C@@]43C)[C@@H]1CC[C@@H]2OC(=O)CCC(=O)N1C[C@H](O)C[C@H]1C(=O)O. The van der Waals surface area contributed by atoms with E-state index in [-0.39, 0.29) is 48.5 Å². The van der Waals surface area contributed by atoms with Gasteiger partial charge in [-0.25, -0.2) is 4.79 Å². The number of carboxylic acids is 1. The Morgan fingerprint density at radius 2 is 1.83 bits per heavy atom. The number of hydrogen-bond donors (Lipinski definition) is 2. The molecule has 0 spiro atoms. The number of ether oxygens (including phenoxy) is 1. The van der Waals surface area contributed by atoms with Crippen LogP contribution in [0, 0.1) is 28.6 Å². The Morgan fingerprint density at radius 1 is 1.06 bits per heavy atom. The molecule has 1 aliphatic heterocycles. The number of allylic oxidation sites excluding steroid dienone is 1. The number of carboxylic acid groups (broad SMARTS) is 1. The van der Waals surface area contributed by atoms with Crippen LogP contribution in [0.2, 0.25) is 0 Å². The summed E-state index contributed by atoms with van der Waals surface area (Å²) in [6, 6.07) is -1.04. The summed E-state index contributed by atoms with van der Waals surface area (Å²) in [5.74, 6) is -0.0520. The van der Waals surface area contributed by atoms with Crippen LogP contribution in [0.25, 0.3) is 0 Å². The number of likely N-dealkylation sites (tertiary alicyclic amines) is 1. The molecule has 3 saturated carbocycles. The van der Waals surface area contributed by atoms with Crippen molar-refractivity contribution in [2.45, 2.75) is 103 Å². The van der Waals surface area contributed by atoms with Gasteiger partial charge in [0.25, 0.3) is 0 Å². The Morgan fingerprint density at radius 3 is 2.58 bits per heavy atom. The number of carbonyl (C=O) groups is 4. The summed E-state index contributed by atoms with van der Waals surface area (Å²) in [4.78, 5) is 50.0. The maximum absolute atomic E-state index is 12.8. The summed E-state index contributed by atoms with van der Waals surface area (Å²) in [6.07, 6.45) is 8.37. The molecule has 5 aliphatic rings. The summed E-state index contributed by atoms with van der Waals surface area (Å²) in [5.41, 5.74) is 1.39. The largest absolute Gasteiger partial charge is 0.480 e. The van der Waals surface area contributed by atoms with Crippen molar-refractivity contribution in [2.75, 3.05) is 6.54 Å². The molecule has 4 aliphatic carbocycles. The predicted octanol–water partition coefficient (Wildman–Crippen LogP) is 3.26. The molecule has 36 heavy (non-hydrogen) atoms. The molecule has 8 atom stereocenters. The molecule has 0 aromatic heterocycles. The second-order valence-electron chi connectivity index (χ2n) is 12.4. The Balaban J connectivity index is 1.19. The van der Waals surface area contributed by atoms with Gasteiger partial charge < -0.3 is 19.8 Å². The number of aliphatic hydroxyl groups excluding tert-OH is 1. The van der Waals surface area contributed by atoms with E-state index in [1.807, 2.05) is 6.08 Å². The van der Waals surface area contributed by atoms with Crippen molar-refractivity contribution in [3.8, 4) is 0 Å². The average molecular weight is 502 g/mol. The van der Waals surface area contributed by atoms with Crippen LogP contribution in [-0.2, 0) is 23.9 Å². The zero-order valence-corrected chi connectivity index (χ0v) is 21.4. The van der Waals surface area contributed by atoms with Crippen molar-refractivity contribution in [1.29, 1.82) is 0 Å². The Kier molecular flexibility index (Phi) is 6.54. The third-order valence-corrected chi connectivity index (χ3v) is 10.6. The molecular weight excluding hydrogens is 462 g/mol. The lowest BCUT2D eigenvalue weighted by molar-refractivity contribution is -0.161. The van der Waals surface area contributed by atoms with Crippen LogP contribution in [0.5, 0.6) is 0 Å². The lowest BCUT2D eigenvalue weighted by Gasteiger charge is -2.57. The van der Waals surface area contributed by atoms with Gasteiger partial charge in [0.05, 0.1) is 12.5 Å². The van der Waals surface area contributed by atoms with Crippen LogP contribution in [0.3, 0.4) is 0 Å². The van der Waals surface area contributed by atoms with Gasteiger partial charge in [-0.3, -0.25) is 14.4 Å². The van der Waals surface area contributed by atoms with Crippen molar-refractivity contribution in [2.24, 2.45) is 28.6 Å². The van der Waals surface area contributed by atoms with E-state index in [1.54, 1.807) is 0 Å². The van der Waals surface area contributed by atoms with Crippen molar-refractivity contribution in [3.05, 3.63) is 11.6 Å². The fourth-order valence-electron chi connectivity index (χ4n) is 8.60. The Hall–Kier alpha value is -2.22. The molecule has 1 saturated heterocycles. The van der Waals surface area contributed by atoms with E-state index in [0.29, 0.717) is 24.2 Å². The van der Waals surface area contributed by atoms with E-state index in [1.165, 1.54) is 10.5 Å². The molecule has 198 valence electrons. The molecule has 1 amide bonds. The molecule has 0 unspecified atom stereocenters. The highest BCUT2D eigenvalue weighted by Crippen LogP contribution is 2.65. The summed E-state index contributed by atoms with van der Waals surface area (Å²) in [5, 5.41) is 19.1. The predicted molar refractivity (Wildman–Crippen MR) is 130 cm³/mol. The van der Waals surface area contributed by atoms with E-state index in [4.69, 9.17) is 4.74 Å². The monoisotopic (exact) mass is 501 g/mol. The second kappa shape index (κ2) is 9.26. The van der Waals surface area contributed by atoms with Gasteiger partial charge in [0.15, 0.2) is 5.78 Å². The van der Waals surface area contributed by atoms with Crippen molar-refractivity contribution in [3.63, 3.8) is 0 Å². The topological polar surface area (TPSA) is 121 Å². The number of amides is 1. The first kappa shape index (κ1) is 25.4. The first-order chi connectivity index (χ1) is 17.0. The summed E-state index contributed by atoms with van der Waals surface area (Å²) >= 11 is 0. The number of esters is 1. The highest BCUT2D eigenvalue weighted by Gasteiger charge is 2.60. The van der Waals surface area contributed by atoms with Gasteiger partial charge >= 0.3 is 11.9 Å². The summed E-state index contributed by atoms with van der Waals surface area (Å²) in [7, 11) is 0. The molecule has 4 fully saturated rings. The Bertz CT molecular complexity index is 990. The normalized spacial score (nSPS) is 41.7. The molecule has 0 bridgehead atoms. The molecule has 0 aromatic carbocycles. The molecule has 1 heterocycles. The van der Waals surface area contributed by atoms with Crippen LogP contribution in [0.4, 0.5) is 0 Å². The van der Waals surface area contributed by atoms with Crippen molar-refractivity contribution >= 4 is 23.6 Å². The van der Waals surface area contributed by atoms with Gasteiger partial charge in [0.2, 0.25) is 5.91 Å². The number of nitrogens with zero attached hydrogens (tertiary/aromatic N) is 1. The molecule has 8 nitrogen and oxygen atoms in total. The third-order valence-electron chi connectivity index (χ3n) is 10.6. The van der Waals surface area contributed by atoms with Crippen molar-refractivity contribution in [1.82, 2.24) is 4.90 Å². The first-order valence-corrected chi connectivity index (χ1v) is 13.7. The molecule has 2 N–H and O–H groups in total. The third kappa shape index (κ3) is 4.19. The van der Waals surface area contributed by atoms with Crippen LogP contribution in [-0.4, -0.2) is 63.5 Å². The van der Waals surface area contributed by atoms with E-state index in [9.17, 15) is 29.4 Å². The van der Waals surface area contributed by atoms with Gasteiger partial charge in [0, 0.05) is 31.2 Å². The van der Waals surface area contributed by atoms with Crippen LogP contribution in [0.15, 0.2) is 11.6 Å². The number of hydrogen-bond acceptors (Lipinski definition) is 6. The number of aliphatic carboxylic acids is 1. The van der Waals surface area contributed by atoms with Crippen LogP contribution < -0.4 is 0 Å². The lowest BCUT2D eigenvalue weighted by atomic mass is 9.47. The number of β-amino-alcohol motifs (C(OH)–C–C–N with tert-alkyl or cyclic N) is 1. The summed E-state index contributed by atoms with van der Waals surface area (Å²) < 4.78 is 5.99. The van der Waals surface area contributed by atoms with Gasteiger partial charge in [-0.2, -0.15) is 0 Å². The van der Waals surface area contributed by atoms with Gasteiger partial charge in [-0.15, -0.1) is 0 Å². The molecular formula is C28H39NO7. The van der Waals surface area contributed by atoms with E-state index in [0.717, 1.165) is 44.9 Å².